The maximum atomic E-state index is 9.53. The lowest BCUT2D eigenvalue weighted by Gasteiger charge is -2.40. The fraction of sp³-hybridized carbons (Fsp3) is 0.857. The Morgan fingerprint density at radius 3 is 2.38 bits per heavy atom. The van der Waals surface area contributed by atoms with Gasteiger partial charge in [-0.25, -0.2) is 5.43 Å². The van der Waals surface area contributed by atoms with Gasteiger partial charge in [0.15, 0.2) is 11.3 Å². The van der Waals surface area contributed by atoms with Crippen LogP contribution in [0.3, 0.4) is 0 Å². The second-order valence-electron chi connectivity index (χ2n) is 3.38. The van der Waals surface area contributed by atoms with Gasteiger partial charge in [-0.2, -0.15) is 0 Å². The lowest BCUT2D eigenvalue weighted by molar-refractivity contribution is -0.238. The van der Waals surface area contributed by atoms with Gasteiger partial charge in [-0.05, 0) is 12.2 Å². The molecule has 0 aliphatic carbocycles. The highest BCUT2D eigenvalue weighted by atomic mass is 32.1. The predicted octanol–water partition coefficient (Wildman–Crippen LogP) is -3.88. The molecule has 5 atom stereocenters. The van der Waals surface area contributed by atoms with Crippen LogP contribution in [0.25, 0.3) is 0 Å². The molecule has 1 saturated heterocycles. The third kappa shape index (κ3) is 2.98. The monoisotopic (exact) mass is 253 g/mol. The Balaban J connectivity index is 2.60. The summed E-state index contributed by atoms with van der Waals surface area (Å²) in [7, 11) is 0. The standard InChI is InChI=1S/C7H15N3O5S/c8-7(16)10-9-6-5(14)4(13)3(12)2(1-11)15-6/h2-6,9,11-14H,1H2,(H3,8,10,16)/t2-,3+,4-,5+,6-/m1/s1. The first-order valence-corrected chi connectivity index (χ1v) is 4.99. The lowest BCUT2D eigenvalue weighted by Crippen LogP contribution is -2.65. The van der Waals surface area contributed by atoms with Gasteiger partial charge in [0.1, 0.15) is 24.4 Å². The molecule has 0 radical (unpaired) electrons. The van der Waals surface area contributed by atoms with Crippen LogP contribution in [0.1, 0.15) is 0 Å². The molecule has 16 heavy (non-hydrogen) atoms. The molecule has 1 aliphatic heterocycles. The molecule has 1 heterocycles. The summed E-state index contributed by atoms with van der Waals surface area (Å²) in [6.45, 7) is -0.490. The molecule has 0 unspecified atom stereocenters. The van der Waals surface area contributed by atoms with Crippen molar-refractivity contribution in [2.45, 2.75) is 30.6 Å². The minimum absolute atomic E-state index is 0.0723. The third-order valence-corrected chi connectivity index (χ3v) is 2.33. The quantitative estimate of drug-likeness (QED) is 0.199. The molecular formula is C7H15N3O5S. The summed E-state index contributed by atoms with van der Waals surface area (Å²) in [5, 5.41) is 37.2. The normalized spacial score (nSPS) is 39.4. The molecule has 94 valence electrons. The van der Waals surface area contributed by atoms with E-state index in [-0.39, 0.29) is 5.11 Å². The van der Waals surface area contributed by atoms with Crippen molar-refractivity contribution in [2.75, 3.05) is 6.61 Å². The maximum absolute atomic E-state index is 9.53. The number of hydrazine groups is 1. The molecule has 1 rings (SSSR count). The second kappa shape index (κ2) is 5.68. The van der Waals surface area contributed by atoms with Crippen LogP contribution in [-0.4, -0.2) is 62.8 Å². The highest BCUT2D eigenvalue weighted by Crippen LogP contribution is 2.19. The highest BCUT2D eigenvalue weighted by molar-refractivity contribution is 7.80. The highest BCUT2D eigenvalue weighted by Gasteiger charge is 2.43. The average molecular weight is 253 g/mol. The topological polar surface area (TPSA) is 140 Å². The summed E-state index contributed by atoms with van der Waals surface area (Å²) in [5.74, 6) is 0. The van der Waals surface area contributed by atoms with Gasteiger partial charge in [-0.1, -0.05) is 0 Å². The number of nitrogens with two attached hydrogens (primary N) is 1. The first kappa shape index (κ1) is 13.5. The number of aliphatic hydroxyl groups excluding tert-OH is 4. The SMILES string of the molecule is NC(=S)NN[C@@H]1O[C@H](CO)[C@H](O)[C@@H](O)[C@@H]1O. The van der Waals surface area contributed by atoms with Crippen molar-refractivity contribution in [1.29, 1.82) is 0 Å². The second-order valence-corrected chi connectivity index (χ2v) is 3.82. The molecule has 0 saturated carbocycles. The minimum Gasteiger partial charge on any atom is -0.394 e. The van der Waals surface area contributed by atoms with Gasteiger partial charge in [0, 0.05) is 0 Å². The van der Waals surface area contributed by atoms with Crippen molar-refractivity contribution in [2.24, 2.45) is 5.73 Å². The molecule has 0 aromatic rings. The van der Waals surface area contributed by atoms with Gasteiger partial charge in [0.05, 0.1) is 6.61 Å². The summed E-state index contributed by atoms with van der Waals surface area (Å²) in [6.07, 6.45) is -6.21. The summed E-state index contributed by atoms with van der Waals surface area (Å²) >= 11 is 4.52. The van der Waals surface area contributed by atoms with E-state index in [2.05, 4.69) is 23.1 Å². The molecule has 0 amide bonds. The van der Waals surface area contributed by atoms with Gasteiger partial charge < -0.3 is 30.9 Å². The van der Waals surface area contributed by atoms with Crippen LogP contribution in [0.2, 0.25) is 0 Å². The average Bonchev–Trinajstić information content (AvgIpc) is 2.25. The summed E-state index contributed by atoms with van der Waals surface area (Å²) in [4.78, 5) is 0. The van der Waals surface area contributed by atoms with Crippen molar-refractivity contribution in [3.05, 3.63) is 0 Å². The van der Waals surface area contributed by atoms with Crippen molar-refractivity contribution < 1.29 is 25.2 Å². The summed E-state index contributed by atoms with van der Waals surface area (Å²) < 4.78 is 5.08. The van der Waals surface area contributed by atoms with Crippen molar-refractivity contribution >= 4 is 17.3 Å². The fourth-order valence-electron chi connectivity index (χ4n) is 1.36. The molecule has 8 nitrogen and oxygen atoms in total. The van der Waals surface area contributed by atoms with E-state index in [9.17, 15) is 15.3 Å². The molecule has 0 aromatic heterocycles. The van der Waals surface area contributed by atoms with Crippen LogP contribution in [0, 0.1) is 0 Å². The Hall–Kier alpha value is -0.550. The van der Waals surface area contributed by atoms with E-state index < -0.39 is 37.3 Å². The largest absolute Gasteiger partial charge is 0.394 e. The van der Waals surface area contributed by atoms with Crippen LogP contribution in [0.4, 0.5) is 0 Å². The molecule has 0 spiro atoms. The first-order valence-electron chi connectivity index (χ1n) is 4.59. The Morgan fingerprint density at radius 1 is 1.25 bits per heavy atom. The molecular weight excluding hydrogens is 238 g/mol. The lowest BCUT2D eigenvalue weighted by atomic mass is 9.99. The number of aliphatic hydroxyl groups is 4. The number of hydrogen-bond donors (Lipinski definition) is 7. The molecule has 9 heteroatoms. The van der Waals surface area contributed by atoms with Gasteiger partial charge in [-0.15, -0.1) is 0 Å². The minimum atomic E-state index is -1.43. The van der Waals surface area contributed by atoms with Crippen LogP contribution in [0.15, 0.2) is 0 Å². The van der Waals surface area contributed by atoms with Gasteiger partial charge in [0.25, 0.3) is 0 Å². The van der Waals surface area contributed by atoms with Gasteiger partial charge in [0.2, 0.25) is 0 Å². The van der Waals surface area contributed by atoms with Gasteiger partial charge in [-0.3, -0.25) is 5.43 Å². The smallest absolute Gasteiger partial charge is 0.178 e. The van der Waals surface area contributed by atoms with E-state index >= 15 is 0 Å². The molecule has 1 aliphatic rings. The Labute approximate surface area is 97.0 Å². The Morgan fingerprint density at radius 2 is 1.88 bits per heavy atom. The number of hydrogen-bond acceptors (Lipinski definition) is 7. The zero-order chi connectivity index (χ0) is 12.3. The molecule has 1 fully saturated rings. The van der Waals surface area contributed by atoms with Gasteiger partial charge >= 0.3 is 0 Å². The van der Waals surface area contributed by atoms with Crippen LogP contribution in [-0.2, 0) is 4.74 Å². The van der Waals surface area contributed by atoms with E-state index in [1.165, 1.54) is 0 Å². The summed E-state index contributed by atoms with van der Waals surface area (Å²) in [5.41, 5.74) is 9.88. The number of rotatable bonds is 3. The Kier molecular flexibility index (Phi) is 4.80. The third-order valence-electron chi connectivity index (χ3n) is 2.23. The zero-order valence-electron chi connectivity index (χ0n) is 8.28. The fourth-order valence-corrected chi connectivity index (χ4v) is 1.42. The molecule has 8 N–H and O–H groups in total. The van der Waals surface area contributed by atoms with Crippen molar-refractivity contribution in [3.8, 4) is 0 Å². The number of ether oxygens (including phenoxy) is 1. The summed E-state index contributed by atoms with van der Waals surface area (Å²) in [6, 6.07) is 0. The van der Waals surface area contributed by atoms with Crippen molar-refractivity contribution in [1.82, 2.24) is 10.9 Å². The number of nitrogens with one attached hydrogen (secondary N) is 2. The van der Waals surface area contributed by atoms with Crippen LogP contribution < -0.4 is 16.6 Å². The van der Waals surface area contributed by atoms with E-state index in [0.29, 0.717) is 0 Å². The predicted molar refractivity (Wildman–Crippen MR) is 56.8 cm³/mol. The maximum Gasteiger partial charge on any atom is 0.178 e. The molecule has 0 bridgehead atoms. The number of thiocarbonyl (C=S) groups is 1. The molecule has 0 aromatic carbocycles. The first-order chi connectivity index (χ1) is 7.47. The van der Waals surface area contributed by atoms with E-state index in [1.807, 2.05) is 0 Å². The van der Waals surface area contributed by atoms with Crippen molar-refractivity contribution in [3.63, 3.8) is 0 Å². The van der Waals surface area contributed by atoms with Crippen LogP contribution >= 0.6 is 12.2 Å². The van der Waals surface area contributed by atoms with E-state index in [4.69, 9.17) is 15.6 Å². The van der Waals surface area contributed by atoms with E-state index in [0.717, 1.165) is 0 Å². The zero-order valence-corrected chi connectivity index (χ0v) is 9.09. The van der Waals surface area contributed by atoms with E-state index in [1.54, 1.807) is 0 Å². The van der Waals surface area contributed by atoms with Crippen LogP contribution in [0.5, 0.6) is 0 Å². The Bertz CT molecular complexity index is 254.